The van der Waals surface area contributed by atoms with Gasteiger partial charge in [0.2, 0.25) is 10.0 Å². The van der Waals surface area contributed by atoms with Crippen LogP contribution in [-0.4, -0.2) is 45.5 Å². The van der Waals surface area contributed by atoms with Crippen molar-refractivity contribution >= 4 is 21.7 Å². The third-order valence-electron chi connectivity index (χ3n) is 2.66. The maximum Gasteiger partial charge on any atom is 0.305 e. The van der Waals surface area contributed by atoms with E-state index in [2.05, 4.69) is 0 Å². The van der Waals surface area contributed by atoms with E-state index in [0.29, 0.717) is 18.7 Å². The molecule has 0 saturated carbocycles. The molecule has 0 saturated heterocycles. The topological polar surface area (TPSA) is 83.9 Å². The van der Waals surface area contributed by atoms with Crippen molar-refractivity contribution in [3.63, 3.8) is 0 Å². The number of aliphatic carboxylic acids is 1. The number of ether oxygens (including phenoxy) is 1. The Morgan fingerprint density at radius 1 is 1.30 bits per heavy atom. The second kappa shape index (κ2) is 7.86. The van der Waals surface area contributed by atoms with Crippen LogP contribution >= 0.6 is 0 Å². The minimum atomic E-state index is -3.55. The molecule has 1 aromatic carbocycles. The van der Waals surface area contributed by atoms with Crippen LogP contribution in [0.15, 0.2) is 30.3 Å². The van der Waals surface area contributed by atoms with Gasteiger partial charge in [-0.2, -0.15) is 0 Å². The molecule has 0 amide bonds. The molecule has 0 aromatic heterocycles. The first-order valence-corrected chi connectivity index (χ1v) is 7.84. The quantitative estimate of drug-likeness (QED) is 0.696. The lowest BCUT2D eigenvalue weighted by atomic mass is 10.3. The van der Waals surface area contributed by atoms with Crippen molar-refractivity contribution in [3.05, 3.63) is 30.3 Å². The third kappa shape index (κ3) is 5.18. The number of carbonyl (C=O) groups is 1. The number of anilines is 1. The highest BCUT2D eigenvalue weighted by atomic mass is 32.2. The number of para-hydroxylation sites is 1. The molecular weight excluding hydrogens is 282 g/mol. The number of carboxylic acids is 1. The molecule has 7 heteroatoms. The highest BCUT2D eigenvalue weighted by molar-refractivity contribution is 7.92. The van der Waals surface area contributed by atoms with Crippen LogP contribution in [0, 0.1) is 0 Å². The summed E-state index contributed by atoms with van der Waals surface area (Å²) in [5, 5.41) is 8.75. The fraction of sp³-hybridized carbons (Fsp3) is 0.462. The van der Waals surface area contributed by atoms with Crippen LogP contribution in [0.25, 0.3) is 0 Å². The Balaban J connectivity index is 2.89. The van der Waals surface area contributed by atoms with Gasteiger partial charge in [-0.1, -0.05) is 18.2 Å². The lowest BCUT2D eigenvalue weighted by Gasteiger charge is -2.23. The number of sulfonamides is 1. The molecule has 0 heterocycles. The summed E-state index contributed by atoms with van der Waals surface area (Å²) in [4.78, 5) is 10.7. The van der Waals surface area contributed by atoms with Crippen LogP contribution in [0.1, 0.15) is 12.8 Å². The third-order valence-corrected chi connectivity index (χ3v) is 4.53. The van der Waals surface area contributed by atoms with Gasteiger partial charge < -0.3 is 9.84 Å². The Labute approximate surface area is 119 Å². The first kappa shape index (κ1) is 16.5. The maximum atomic E-state index is 12.3. The summed E-state index contributed by atoms with van der Waals surface area (Å²) in [5.74, 6) is -1.10. The van der Waals surface area contributed by atoms with E-state index in [1.807, 2.05) is 0 Å². The monoisotopic (exact) mass is 301 g/mol. The lowest BCUT2D eigenvalue weighted by Crippen LogP contribution is -2.35. The molecule has 0 bridgehead atoms. The molecule has 112 valence electrons. The molecule has 0 unspecified atom stereocenters. The zero-order chi connectivity index (χ0) is 15.0. The SMILES string of the molecule is COCCCS(=O)(=O)N(CCC(=O)O)c1ccccc1. The van der Waals surface area contributed by atoms with Crippen molar-refractivity contribution in [2.24, 2.45) is 0 Å². The normalized spacial score (nSPS) is 11.2. The van der Waals surface area contributed by atoms with Crippen LogP contribution in [0.2, 0.25) is 0 Å². The molecule has 0 aliphatic carbocycles. The van der Waals surface area contributed by atoms with E-state index in [-0.39, 0.29) is 18.7 Å². The van der Waals surface area contributed by atoms with Crippen molar-refractivity contribution in [1.82, 2.24) is 0 Å². The summed E-state index contributed by atoms with van der Waals surface area (Å²) in [6, 6.07) is 8.50. The summed E-state index contributed by atoms with van der Waals surface area (Å²) in [7, 11) is -2.05. The fourth-order valence-electron chi connectivity index (χ4n) is 1.72. The first-order valence-electron chi connectivity index (χ1n) is 6.23. The van der Waals surface area contributed by atoms with Gasteiger partial charge in [0, 0.05) is 20.3 Å². The van der Waals surface area contributed by atoms with E-state index >= 15 is 0 Å². The van der Waals surface area contributed by atoms with Gasteiger partial charge in [-0.25, -0.2) is 8.42 Å². The number of nitrogens with zero attached hydrogens (tertiary/aromatic N) is 1. The second-order valence-electron chi connectivity index (χ2n) is 4.21. The van der Waals surface area contributed by atoms with Crippen molar-refractivity contribution in [1.29, 1.82) is 0 Å². The number of methoxy groups -OCH3 is 1. The van der Waals surface area contributed by atoms with E-state index in [1.54, 1.807) is 30.3 Å². The molecule has 6 nitrogen and oxygen atoms in total. The van der Waals surface area contributed by atoms with Crippen molar-refractivity contribution < 1.29 is 23.1 Å². The summed E-state index contributed by atoms with van der Waals surface area (Å²) in [6.45, 7) is 0.273. The molecule has 0 aliphatic rings. The van der Waals surface area contributed by atoms with Crippen LogP contribution in [0.5, 0.6) is 0 Å². The highest BCUT2D eigenvalue weighted by Gasteiger charge is 2.22. The Kier molecular flexibility index (Phi) is 6.47. The lowest BCUT2D eigenvalue weighted by molar-refractivity contribution is -0.136. The average molecular weight is 301 g/mol. The predicted octanol–water partition coefficient (Wildman–Crippen LogP) is 1.33. The van der Waals surface area contributed by atoms with Gasteiger partial charge in [0.25, 0.3) is 0 Å². The zero-order valence-corrected chi connectivity index (χ0v) is 12.2. The van der Waals surface area contributed by atoms with Crippen LogP contribution in [-0.2, 0) is 19.6 Å². The molecule has 1 aromatic rings. The molecular formula is C13H19NO5S. The van der Waals surface area contributed by atoms with Gasteiger partial charge >= 0.3 is 5.97 Å². The number of rotatable bonds is 9. The molecule has 0 radical (unpaired) electrons. The van der Waals surface area contributed by atoms with Crippen LogP contribution in [0.3, 0.4) is 0 Å². The van der Waals surface area contributed by atoms with E-state index in [9.17, 15) is 13.2 Å². The fourth-order valence-corrected chi connectivity index (χ4v) is 3.23. The number of hydrogen-bond donors (Lipinski definition) is 1. The highest BCUT2D eigenvalue weighted by Crippen LogP contribution is 2.18. The Morgan fingerprint density at radius 3 is 2.50 bits per heavy atom. The summed E-state index contributed by atoms with van der Waals surface area (Å²) in [5.41, 5.74) is 0.478. The molecule has 0 aliphatic heterocycles. The van der Waals surface area contributed by atoms with Gasteiger partial charge in [0.1, 0.15) is 0 Å². The summed E-state index contributed by atoms with van der Waals surface area (Å²) < 4.78 is 30.6. The van der Waals surface area contributed by atoms with Gasteiger partial charge in [-0.3, -0.25) is 9.10 Å². The molecule has 1 N–H and O–H groups in total. The van der Waals surface area contributed by atoms with E-state index in [4.69, 9.17) is 9.84 Å². The summed E-state index contributed by atoms with van der Waals surface area (Å²) in [6.07, 6.45) is 0.133. The smallest absolute Gasteiger partial charge is 0.305 e. The van der Waals surface area contributed by atoms with Crippen LogP contribution < -0.4 is 4.31 Å². The van der Waals surface area contributed by atoms with Gasteiger partial charge in [0.05, 0.1) is 17.9 Å². The van der Waals surface area contributed by atoms with Crippen molar-refractivity contribution in [3.8, 4) is 0 Å². The molecule has 0 spiro atoms. The van der Waals surface area contributed by atoms with E-state index in [1.165, 1.54) is 7.11 Å². The Hall–Kier alpha value is -1.60. The predicted molar refractivity (Wildman–Crippen MR) is 76.3 cm³/mol. The minimum absolute atomic E-state index is 0.0741. The van der Waals surface area contributed by atoms with Gasteiger partial charge in [-0.15, -0.1) is 0 Å². The number of carboxylic acid groups (broad SMARTS) is 1. The van der Waals surface area contributed by atoms with Crippen molar-refractivity contribution in [2.45, 2.75) is 12.8 Å². The Morgan fingerprint density at radius 2 is 1.95 bits per heavy atom. The first-order chi connectivity index (χ1) is 9.47. The largest absolute Gasteiger partial charge is 0.481 e. The minimum Gasteiger partial charge on any atom is -0.481 e. The van der Waals surface area contributed by atoms with Crippen molar-refractivity contribution in [2.75, 3.05) is 30.3 Å². The van der Waals surface area contributed by atoms with E-state index in [0.717, 1.165) is 4.31 Å². The second-order valence-corrected chi connectivity index (χ2v) is 6.23. The average Bonchev–Trinajstić information content (AvgIpc) is 2.39. The molecule has 1 rings (SSSR count). The standard InChI is InChI=1S/C13H19NO5S/c1-19-10-5-11-20(17,18)14(9-8-13(15)16)12-6-3-2-4-7-12/h2-4,6-7H,5,8-11H2,1H3,(H,15,16). The number of benzene rings is 1. The zero-order valence-electron chi connectivity index (χ0n) is 11.4. The molecule has 20 heavy (non-hydrogen) atoms. The van der Waals surface area contributed by atoms with Gasteiger partial charge in [-0.05, 0) is 18.6 Å². The Bertz CT molecular complexity index is 515. The van der Waals surface area contributed by atoms with Crippen LogP contribution in [0.4, 0.5) is 5.69 Å². The van der Waals surface area contributed by atoms with E-state index < -0.39 is 16.0 Å². The molecule has 0 fully saturated rings. The maximum absolute atomic E-state index is 12.3. The summed E-state index contributed by atoms with van der Waals surface area (Å²) >= 11 is 0. The number of hydrogen-bond acceptors (Lipinski definition) is 4. The molecule has 0 atom stereocenters. The van der Waals surface area contributed by atoms with Gasteiger partial charge in [0.15, 0.2) is 0 Å².